The van der Waals surface area contributed by atoms with Gasteiger partial charge in [-0.2, -0.15) is 0 Å². The number of esters is 1. The van der Waals surface area contributed by atoms with Crippen LogP contribution >= 0.6 is 11.3 Å². The first-order valence-electron chi connectivity index (χ1n) is 7.09. The maximum Gasteiger partial charge on any atom is 0.341 e. The molecule has 0 unspecified atom stereocenters. The molecule has 0 fully saturated rings. The highest BCUT2D eigenvalue weighted by atomic mass is 32.1. The number of nitrogens with two attached hydrogens (primary N) is 1. The average Bonchev–Trinajstić information content (AvgIpc) is 3.07. The van der Waals surface area contributed by atoms with Crippen molar-refractivity contribution in [2.75, 3.05) is 12.3 Å². The lowest BCUT2D eigenvalue weighted by molar-refractivity contribution is 0.0461. The molecule has 1 aromatic carbocycles. The molecule has 0 radical (unpaired) electrons. The van der Waals surface area contributed by atoms with Crippen LogP contribution < -0.4 is 5.73 Å². The molecule has 0 saturated heterocycles. The lowest BCUT2D eigenvalue weighted by Crippen LogP contribution is -2.11. The van der Waals surface area contributed by atoms with Crippen LogP contribution in [0.1, 0.15) is 24.2 Å². The van der Waals surface area contributed by atoms with Gasteiger partial charge in [0.2, 0.25) is 0 Å². The number of hydrogen-bond donors (Lipinski definition) is 1. The summed E-state index contributed by atoms with van der Waals surface area (Å²) in [7, 11) is 0. The Bertz CT molecular complexity index is 783. The van der Waals surface area contributed by atoms with Crippen LogP contribution in [-0.2, 0) is 4.74 Å². The number of furan rings is 1. The molecular formula is C17H17NO3S. The van der Waals surface area contributed by atoms with E-state index in [2.05, 4.69) is 0 Å². The Morgan fingerprint density at radius 3 is 2.86 bits per heavy atom. The third kappa shape index (κ3) is 2.72. The summed E-state index contributed by atoms with van der Waals surface area (Å²) in [5, 5.41) is 3.27. The highest BCUT2D eigenvalue weighted by Gasteiger charge is 2.22. The summed E-state index contributed by atoms with van der Waals surface area (Å²) in [5.41, 5.74) is 7.82. The van der Waals surface area contributed by atoms with Gasteiger partial charge in [0, 0.05) is 16.3 Å². The van der Waals surface area contributed by atoms with E-state index >= 15 is 0 Å². The van der Waals surface area contributed by atoms with Crippen LogP contribution in [0.2, 0.25) is 0 Å². The van der Waals surface area contributed by atoms with Crippen molar-refractivity contribution in [2.24, 2.45) is 5.92 Å². The van der Waals surface area contributed by atoms with Gasteiger partial charge in [-0.05, 0) is 18.1 Å². The van der Waals surface area contributed by atoms with Gasteiger partial charge in [0.1, 0.15) is 21.9 Å². The molecule has 0 spiro atoms. The Balaban J connectivity index is 1.99. The predicted molar refractivity (Wildman–Crippen MR) is 89.1 cm³/mol. The number of carbonyl (C=O) groups is 1. The summed E-state index contributed by atoms with van der Waals surface area (Å²) in [4.78, 5) is 12.3. The van der Waals surface area contributed by atoms with E-state index in [0.717, 1.165) is 11.0 Å². The fraction of sp³-hybridized carbons (Fsp3) is 0.235. The number of anilines is 1. The molecule has 4 nitrogen and oxygen atoms in total. The van der Waals surface area contributed by atoms with E-state index in [1.807, 2.05) is 49.6 Å². The Hall–Kier alpha value is -2.27. The van der Waals surface area contributed by atoms with Gasteiger partial charge in [-0.1, -0.05) is 32.0 Å². The highest BCUT2D eigenvalue weighted by Crippen LogP contribution is 2.37. The number of rotatable bonds is 4. The van der Waals surface area contributed by atoms with Crippen LogP contribution in [0.25, 0.3) is 22.3 Å². The minimum absolute atomic E-state index is 0.276. The quantitative estimate of drug-likeness (QED) is 0.717. The Kier molecular flexibility index (Phi) is 3.90. The largest absolute Gasteiger partial charge is 0.462 e. The molecule has 0 saturated carbocycles. The molecule has 0 amide bonds. The molecule has 114 valence electrons. The second-order valence-corrected chi connectivity index (χ2v) is 6.44. The zero-order chi connectivity index (χ0) is 15.7. The van der Waals surface area contributed by atoms with E-state index in [-0.39, 0.29) is 5.92 Å². The fourth-order valence-electron chi connectivity index (χ4n) is 2.19. The first-order chi connectivity index (χ1) is 10.6. The van der Waals surface area contributed by atoms with Gasteiger partial charge in [0.05, 0.1) is 6.61 Å². The molecule has 22 heavy (non-hydrogen) atoms. The molecule has 0 bridgehead atoms. The van der Waals surface area contributed by atoms with Crippen molar-refractivity contribution in [3.05, 3.63) is 41.3 Å². The molecule has 0 aliphatic carbocycles. The topological polar surface area (TPSA) is 65.5 Å². The van der Waals surface area contributed by atoms with Crippen molar-refractivity contribution in [1.29, 1.82) is 0 Å². The number of fused-ring (bicyclic) bond motifs is 1. The first kappa shape index (κ1) is 14.7. The van der Waals surface area contributed by atoms with Crippen molar-refractivity contribution in [3.8, 4) is 11.3 Å². The highest BCUT2D eigenvalue weighted by molar-refractivity contribution is 7.14. The van der Waals surface area contributed by atoms with E-state index in [9.17, 15) is 4.79 Å². The third-order valence-corrected chi connectivity index (χ3v) is 4.07. The van der Waals surface area contributed by atoms with E-state index < -0.39 is 5.97 Å². The summed E-state index contributed by atoms with van der Waals surface area (Å²) in [6.07, 6.45) is 0. The minimum atomic E-state index is -0.400. The van der Waals surface area contributed by atoms with Gasteiger partial charge in [0.25, 0.3) is 0 Å². The van der Waals surface area contributed by atoms with Crippen molar-refractivity contribution < 1.29 is 13.9 Å². The Morgan fingerprint density at radius 1 is 1.36 bits per heavy atom. The van der Waals surface area contributed by atoms with Gasteiger partial charge in [-0.15, -0.1) is 11.3 Å². The molecule has 2 heterocycles. The number of thiophene rings is 1. The maximum absolute atomic E-state index is 12.3. The molecule has 2 aromatic heterocycles. The Morgan fingerprint density at radius 2 is 2.14 bits per heavy atom. The van der Waals surface area contributed by atoms with Gasteiger partial charge in [0.15, 0.2) is 0 Å². The third-order valence-electron chi connectivity index (χ3n) is 3.26. The SMILES string of the molecule is CC(C)COC(=O)c1c(-c2cc3ccccc3o2)csc1N. The molecule has 2 N–H and O–H groups in total. The van der Waals surface area contributed by atoms with Crippen LogP contribution in [0.4, 0.5) is 5.00 Å². The van der Waals surface area contributed by atoms with Gasteiger partial charge in [-0.25, -0.2) is 4.79 Å². The summed E-state index contributed by atoms with van der Waals surface area (Å²) >= 11 is 1.32. The normalized spacial score (nSPS) is 11.2. The number of para-hydroxylation sites is 1. The summed E-state index contributed by atoms with van der Waals surface area (Å²) in [6, 6.07) is 9.63. The molecule has 0 aliphatic heterocycles. The van der Waals surface area contributed by atoms with Gasteiger partial charge in [-0.3, -0.25) is 0 Å². The Labute approximate surface area is 132 Å². The summed E-state index contributed by atoms with van der Waals surface area (Å²) < 4.78 is 11.1. The molecular weight excluding hydrogens is 298 g/mol. The van der Waals surface area contributed by atoms with Crippen molar-refractivity contribution >= 4 is 33.3 Å². The van der Waals surface area contributed by atoms with Crippen LogP contribution in [0, 0.1) is 5.92 Å². The van der Waals surface area contributed by atoms with Gasteiger partial charge >= 0.3 is 5.97 Å². The standard InChI is InChI=1S/C17H17NO3S/c1-10(2)8-20-17(19)15-12(9-22-16(15)18)14-7-11-5-3-4-6-13(11)21-14/h3-7,9-10H,8,18H2,1-2H3. The molecule has 0 atom stereocenters. The molecule has 3 aromatic rings. The zero-order valence-electron chi connectivity index (χ0n) is 12.5. The van der Waals surface area contributed by atoms with Crippen molar-refractivity contribution in [1.82, 2.24) is 0 Å². The van der Waals surface area contributed by atoms with E-state index in [4.69, 9.17) is 14.9 Å². The minimum Gasteiger partial charge on any atom is -0.462 e. The molecule has 3 rings (SSSR count). The number of nitrogen functional groups attached to an aromatic ring is 1. The van der Waals surface area contributed by atoms with E-state index in [0.29, 0.717) is 28.5 Å². The number of hydrogen-bond acceptors (Lipinski definition) is 5. The lowest BCUT2D eigenvalue weighted by atomic mass is 10.1. The lowest BCUT2D eigenvalue weighted by Gasteiger charge is -2.08. The monoisotopic (exact) mass is 315 g/mol. The summed E-state index contributed by atoms with van der Waals surface area (Å²) in [6.45, 7) is 4.35. The summed E-state index contributed by atoms with van der Waals surface area (Å²) in [5.74, 6) is 0.506. The van der Waals surface area contributed by atoms with E-state index in [1.54, 1.807) is 0 Å². The van der Waals surface area contributed by atoms with Crippen LogP contribution in [-0.4, -0.2) is 12.6 Å². The van der Waals surface area contributed by atoms with Crippen LogP contribution in [0.5, 0.6) is 0 Å². The second-order valence-electron chi connectivity index (χ2n) is 5.53. The fourth-order valence-corrected chi connectivity index (χ4v) is 2.98. The van der Waals surface area contributed by atoms with E-state index in [1.165, 1.54) is 11.3 Å². The first-order valence-corrected chi connectivity index (χ1v) is 7.97. The average molecular weight is 315 g/mol. The van der Waals surface area contributed by atoms with Gasteiger partial charge < -0.3 is 14.9 Å². The molecule has 5 heteroatoms. The van der Waals surface area contributed by atoms with Crippen LogP contribution in [0.3, 0.4) is 0 Å². The van der Waals surface area contributed by atoms with Crippen LogP contribution in [0.15, 0.2) is 40.1 Å². The maximum atomic E-state index is 12.3. The number of carbonyl (C=O) groups excluding carboxylic acids is 1. The zero-order valence-corrected chi connectivity index (χ0v) is 13.3. The predicted octanol–water partition coefficient (Wildman–Crippen LogP) is 4.56. The van der Waals surface area contributed by atoms with Crippen molar-refractivity contribution in [2.45, 2.75) is 13.8 Å². The number of benzene rings is 1. The smallest absolute Gasteiger partial charge is 0.341 e. The second kappa shape index (κ2) is 5.85. The number of ether oxygens (including phenoxy) is 1. The van der Waals surface area contributed by atoms with Crippen molar-refractivity contribution in [3.63, 3.8) is 0 Å². The molecule has 0 aliphatic rings.